The van der Waals surface area contributed by atoms with Crippen LogP contribution < -0.4 is 4.83 Å². The third kappa shape index (κ3) is 5.46. The number of carbonyl (C=O) groups excluding carboxylic acids is 1. The van der Waals surface area contributed by atoms with Crippen molar-refractivity contribution >= 4 is 16.0 Å². The summed E-state index contributed by atoms with van der Waals surface area (Å²) in [7, 11) is -2.08. The van der Waals surface area contributed by atoms with Crippen molar-refractivity contribution in [2.75, 3.05) is 12.9 Å². The summed E-state index contributed by atoms with van der Waals surface area (Å²) in [5.41, 5.74) is 0. The van der Waals surface area contributed by atoms with Gasteiger partial charge in [0.15, 0.2) is 0 Å². The van der Waals surface area contributed by atoms with Crippen molar-refractivity contribution in [3.8, 4) is 0 Å². The molecular weight excluding hydrogens is 268 g/mol. The van der Waals surface area contributed by atoms with Crippen molar-refractivity contribution in [2.24, 2.45) is 0 Å². The standard InChI is InChI=1S/C12H24N2O4S/c1-10-6-4-7-11(2)14(10)13-19(16,17)9-5-8-12(15)18-3/h10-11,13H,4-9H2,1-3H3. The molecule has 0 bridgehead atoms. The van der Waals surface area contributed by atoms with Gasteiger partial charge in [0, 0.05) is 18.5 Å². The number of rotatable bonds is 6. The largest absolute Gasteiger partial charge is 0.469 e. The third-order valence-electron chi connectivity index (χ3n) is 3.46. The lowest BCUT2D eigenvalue weighted by atomic mass is 10.0. The zero-order chi connectivity index (χ0) is 14.5. The van der Waals surface area contributed by atoms with Crippen molar-refractivity contribution in [1.29, 1.82) is 0 Å². The molecule has 0 aromatic carbocycles. The summed E-state index contributed by atoms with van der Waals surface area (Å²) in [6.45, 7) is 4.04. The zero-order valence-corrected chi connectivity index (χ0v) is 12.7. The molecule has 1 aliphatic rings. The smallest absolute Gasteiger partial charge is 0.305 e. The number of ether oxygens (including phenoxy) is 1. The van der Waals surface area contributed by atoms with E-state index in [0.29, 0.717) is 0 Å². The first-order valence-electron chi connectivity index (χ1n) is 6.71. The molecule has 1 N–H and O–H groups in total. The van der Waals surface area contributed by atoms with E-state index in [1.165, 1.54) is 7.11 Å². The molecule has 7 heteroatoms. The van der Waals surface area contributed by atoms with Gasteiger partial charge in [0.05, 0.1) is 12.9 Å². The maximum atomic E-state index is 12.0. The Bertz CT molecular complexity index is 387. The highest BCUT2D eigenvalue weighted by molar-refractivity contribution is 7.89. The number of methoxy groups -OCH3 is 1. The number of sulfonamides is 1. The van der Waals surface area contributed by atoms with Gasteiger partial charge >= 0.3 is 5.97 Å². The van der Waals surface area contributed by atoms with Crippen LogP contribution in [-0.2, 0) is 19.6 Å². The average molecular weight is 292 g/mol. The van der Waals surface area contributed by atoms with Gasteiger partial charge in [-0.2, -0.15) is 0 Å². The summed E-state index contributed by atoms with van der Waals surface area (Å²) in [6, 6.07) is 0.415. The normalized spacial score (nSPS) is 25.2. The molecule has 1 saturated heterocycles. The Balaban J connectivity index is 2.46. The molecule has 0 amide bonds. The van der Waals surface area contributed by atoms with Crippen LogP contribution in [0.25, 0.3) is 0 Å². The number of hydrogen-bond donors (Lipinski definition) is 1. The minimum atomic E-state index is -3.38. The number of nitrogens with one attached hydrogen (secondary N) is 1. The first-order valence-corrected chi connectivity index (χ1v) is 8.36. The van der Waals surface area contributed by atoms with Gasteiger partial charge in [-0.15, -0.1) is 4.83 Å². The van der Waals surface area contributed by atoms with Gasteiger partial charge < -0.3 is 4.74 Å². The predicted octanol–water partition coefficient (Wildman–Crippen LogP) is 1.04. The van der Waals surface area contributed by atoms with Gasteiger partial charge in [-0.05, 0) is 33.1 Å². The maximum absolute atomic E-state index is 12.0. The minimum Gasteiger partial charge on any atom is -0.469 e. The average Bonchev–Trinajstić information content (AvgIpc) is 2.33. The van der Waals surface area contributed by atoms with Crippen molar-refractivity contribution in [1.82, 2.24) is 9.84 Å². The van der Waals surface area contributed by atoms with Crippen LogP contribution in [0.4, 0.5) is 0 Å². The summed E-state index contributed by atoms with van der Waals surface area (Å²) in [5, 5.41) is 1.82. The van der Waals surface area contributed by atoms with Crippen LogP contribution in [0.1, 0.15) is 46.0 Å². The molecule has 6 nitrogen and oxygen atoms in total. The van der Waals surface area contributed by atoms with Gasteiger partial charge in [0.1, 0.15) is 0 Å². The second kappa shape index (κ2) is 7.21. The highest BCUT2D eigenvalue weighted by Gasteiger charge is 2.28. The molecule has 0 aromatic heterocycles. The van der Waals surface area contributed by atoms with Gasteiger partial charge in [-0.1, -0.05) is 6.42 Å². The molecule has 112 valence electrons. The maximum Gasteiger partial charge on any atom is 0.305 e. The van der Waals surface area contributed by atoms with Crippen LogP contribution in [0.15, 0.2) is 0 Å². The molecule has 0 aromatic rings. The van der Waals surface area contributed by atoms with E-state index in [9.17, 15) is 13.2 Å². The van der Waals surface area contributed by atoms with E-state index >= 15 is 0 Å². The monoisotopic (exact) mass is 292 g/mol. The number of hydrogen-bond acceptors (Lipinski definition) is 5. The Morgan fingerprint density at radius 2 is 1.89 bits per heavy atom. The van der Waals surface area contributed by atoms with E-state index in [1.54, 1.807) is 0 Å². The molecule has 0 radical (unpaired) electrons. The fourth-order valence-corrected chi connectivity index (χ4v) is 3.61. The number of carbonyl (C=O) groups is 1. The van der Waals surface area contributed by atoms with Crippen LogP contribution in [0, 0.1) is 0 Å². The van der Waals surface area contributed by atoms with E-state index in [2.05, 4.69) is 9.57 Å². The second-order valence-electron chi connectivity index (χ2n) is 5.13. The Labute approximate surface area is 115 Å². The highest BCUT2D eigenvalue weighted by Crippen LogP contribution is 2.20. The van der Waals surface area contributed by atoms with E-state index in [4.69, 9.17) is 0 Å². The van der Waals surface area contributed by atoms with E-state index in [0.717, 1.165) is 19.3 Å². The van der Waals surface area contributed by atoms with Gasteiger partial charge in [0.2, 0.25) is 10.0 Å². The third-order valence-corrected chi connectivity index (χ3v) is 4.77. The lowest BCUT2D eigenvalue weighted by molar-refractivity contribution is -0.140. The topological polar surface area (TPSA) is 75.7 Å². The van der Waals surface area contributed by atoms with Crippen molar-refractivity contribution in [3.05, 3.63) is 0 Å². The van der Waals surface area contributed by atoms with E-state index in [-0.39, 0.29) is 36.6 Å². The fourth-order valence-electron chi connectivity index (χ4n) is 2.32. The summed E-state index contributed by atoms with van der Waals surface area (Å²) >= 11 is 0. The summed E-state index contributed by atoms with van der Waals surface area (Å²) in [5.74, 6) is -0.437. The van der Waals surface area contributed by atoms with Crippen molar-refractivity contribution in [3.63, 3.8) is 0 Å². The molecule has 1 rings (SSSR count). The first-order chi connectivity index (χ1) is 8.85. The van der Waals surface area contributed by atoms with Crippen molar-refractivity contribution in [2.45, 2.75) is 58.0 Å². The predicted molar refractivity (Wildman–Crippen MR) is 72.8 cm³/mol. The Kier molecular flexibility index (Phi) is 6.22. The highest BCUT2D eigenvalue weighted by atomic mass is 32.2. The van der Waals surface area contributed by atoms with Crippen molar-refractivity contribution < 1.29 is 17.9 Å². The molecule has 0 spiro atoms. The molecule has 2 atom stereocenters. The van der Waals surface area contributed by atoms with Crippen LogP contribution >= 0.6 is 0 Å². The molecule has 1 heterocycles. The zero-order valence-electron chi connectivity index (χ0n) is 11.9. The van der Waals surface area contributed by atoms with Crippen LogP contribution in [0.2, 0.25) is 0 Å². The van der Waals surface area contributed by atoms with Crippen LogP contribution in [0.5, 0.6) is 0 Å². The van der Waals surface area contributed by atoms with E-state index in [1.807, 2.05) is 18.9 Å². The molecule has 19 heavy (non-hydrogen) atoms. The minimum absolute atomic E-state index is 0.0575. The Hall–Kier alpha value is -0.660. The Morgan fingerprint density at radius 1 is 1.32 bits per heavy atom. The first kappa shape index (κ1) is 16.4. The number of hydrazine groups is 1. The lowest BCUT2D eigenvalue weighted by Crippen LogP contribution is -2.54. The number of nitrogens with zero attached hydrogens (tertiary/aromatic N) is 1. The van der Waals surface area contributed by atoms with Crippen LogP contribution in [0.3, 0.4) is 0 Å². The molecule has 0 aliphatic carbocycles. The van der Waals surface area contributed by atoms with Gasteiger partial charge in [0.25, 0.3) is 0 Å². The SMILES string of the molecule is COC(=O)CCCS(=O)(=O)NN1C(C)CCCC1C. The molecule has 1 fully saturated rings. The van der Waals surface area contributed by atoms with Gasteiger partial charge in [-0.3, -0.25) is 4.79 Å². The quantitative estimate of drug-likeness (QED) is 0.740. The van der Waals surface area contributed by atoms with E-state index < -0.39 is 10.0 Å². The molecule has 2 unspecified atom stereocenters. The summed E-state index contributed by atoms with van der Waals surface area (Å²) in [6.07, 6.45) is 3.52. The summed E-state index contributed by atoms with van der Waals surface area (Å²) < 4.78 is 28.4. The molecular formula is C12H24N2O4S. The summed E-state index contributed by atoms with van der Waals surface area (Å²) in [4.78, 5) is 13.6. The molecule has 1 aliphatic heterocycles. The fraction of sp³-hybridized carbons (Fsp3) is 0.917. The number of esters is 1. The second-order valence-corrected chi connectivity index (χ2v) is 6.95. The Morgan fingerprint density at radius 3 is 2.42 bits per heavy atom. The van der Waals surface area contributed by atoms with Gasteiger partial charge in [-0.25, -0.2) is 13.4 Å². The number of piperidine rings is 1. The van der Waals surface area contributed by atoms with Crippen LogP contribution in [-0.4, -0.2) is 44.3 Å². The molecule has 0 saturated carbocycles. The lowest BCUT2D eigenvalue weighted by Gasteiger charge is -2.38.